The summed E-state index contributed by atoms with van der Waals surface area (Å²) in [6.07, 6.45) is 6.34. The molecule has 1 aromatic carbocycles. The monoisotopic (exact) mass is 620 g/mol. The number of thiophene rings is 1. The lowest BCUT2D eigenvalue weighted by molar-refractivity contribution is 0.0935. The summed E-state index contributed by atoms with van der Waals surface area (Å²) in [4.78, 5) is 42.0. The summed E-state index contributed by atoms with van der Waals surface area (Å²) in [6.45, 7) is 6.03. The highest BCUT2D eigenvalue weighted by Gasteiger charge is 2.44. The number of carbonyl (C=O) groups excluding carboxylic acids is 2. The predicted octanol–water partition coefficient (Wildman–Crippen LogP) is 6.49. The lowest BCUT2D eigenvalue weighted by atomic mass is 9.86. The molecule has 0 spiro atoms. The summed E-state index contributed by atoms with van der Waals surface area (Å²) in [6, 6.07) is 14.3. The summed E-state index contributed by atoms with van der Waals surface area (Å²) in [5.41, 5.74) is 12.3. The van der Waals surface area contributed by atoms with Gasteiger partial charge >= 0.3 is 0 Å². The van der Waals surface area contributed by atoms with Crippen molar-refractivity contribution < 1.29 is 14.0 Å². The van der Waals surface area contributed by atoms with E-state index in [0.717, 1.165) is 44.9 Å². The number of nitrogens with zero attached hydrogens (tertiary/aromatic N) is 3. The van der Waals surface area contributed by atoms with Crippen LogP contribution in [0.5, 0.6) is 0 Å². The topological polar surface area (TPSA) is 123 Å². The van der Waals surface area contributed by atoms with Gasteiger partial charge in [0.1, 0.15) is 5.82 Å². The molecule has 0 fully saturated rings. The number of aromatic nitrogens is 3. The van der Waals surface area contributed by atoms with E-state index in [-0.39, 0.29) is 29.2 Å². The molecule has 5 heterocycles. The van der Waals surface area contributed by atoms with E-state index in [1.807, 2.05) is 31.3 Å². The molecule has 0 bridgehead atoms. The largest absolute Gasteiger partial charge is 0.377 e. The molecule has 45 heavy (non-hydrogen) atoms. The number of halogens is 1. The third kappa shape index (κ3) is 5.12. The lowest BCUT2D eigenvalue weighted by Gasteiger charge is -2.26. The molecular formula is C35H33FN6O2S. The van der Waals surface area contributed by atoms with Crippen LogP contribution in [-0.4, -0.2) is 26.8 Å². The van der Waals surface area contributed by atoms with E-state index in [9.17, 15) is 14.0 Å². The number of aryl methyl sites for hydroxylation is 1. The molecular weight excluding hydrogens is 587 g/mol. The first-order chi connectivity index (χ1) is 21.6. The zero-order valence-electron chi connectivity index (χ0n) is 25.3. The van der Waals surface area contributed by atoms with Crippen molar-refractivity contribution in [2.45, 2.75) is 58.0 Å². The van der Waals surface area contributed by atoms with Gasteiger partial charge in [0.25, 0.3) is 11.8 Å². The number of anilines is 1. The normalized spacial score (nSPS) is 18.7. The molecule has 0 radical (unpaired) electrons. The van der Waals surface area contributed by atoms with Crippen LogP contribution in [0.1, 0.15) is 82.2 Å². The first-order valence-electron chi connectivity index (χ1n) is 15.1. The van der Waals surface area contributed by atoms with Gasteiger partial charge in [-0.25, -0.2) is 4.39 Å². The van der Waals surface area contributed by atoms with Crippen LogP contribution in [0.4, 0.5) is 10.1 Å². The van der Waals surface area contributed by atoms with Crippen molar-refractivity contribution in [1.29, 1.82) is 0 Å². The van der Waals surface area contributed by atoms with Crippen LogP contribution < -0.4 is 16.4 Å². The Hall–Kier alpha value is -4.70. The molecule has 1 aliphatic heterocycles. The summed E-state index contributed by atoms with van der Waals surface area (Å²) in [5, 5.41) is 6.85. The summed E-state index contributed by atoms with van der Waals surface area (Å²) < 4.78 is 14.6. The molecule has 7 rings (SSSR count). The minimum atomic E-state index is -0.882. The van der Waals surface area contributed by atoms with Crippen molar-refractivity contribution in [2.75, 3.05) is 5.32 Å². The number of primary amides is 1. The molecule has 10 heteroatoms. The van der Waals surface area contributed by atoms with Crippen LogP contribution >= 0.6 is 11.3 Å². The molecule has 5 aromatic rings. The number of benzene rings is 1. The molecule has 4 N–H and O–H groups in total. The molecule has 1 aliphatic carbocycles. The standard InChI is InChI=1S/C35H33FN6O2S/c1-18(2)15-25-28(33(37)43)29(30-32(41-25)35(3,42-34(30)44)17-19-6-8-20(36)9-7-19)27-16-26-31(45-27)24(12-14-39-26)40-23-11-10-22-21(23)5-4-13-38-22/h4-9,12-14,16,18,23H,10-11,15,17H2,1-3H3,(H2,37,43)(H,39,40)(H,42,44)/t23?,35-/m0/s1. The van der Waals surface area contributed by atoms with Crippen molar-refractivity contribution >= 4 is 39.1 Å². The number of amides is 2. The smallest absolute Gasteiger partial charge is 0.254 e. The third-order valence-electron chi connectivity index (χ3n) is 8.69. The quantitative estimate of drug-likeness (QED) is 0.182. The lowest BCUT2D eigenvalue weighted by Crippen LogP contribution is -2.39. The molecule has 8 nitrogen and oxygen atoms in total. The highest BCUT2D eigenvalue weighted by atomic mass is 32.1. The number of rotatable bonds is 8. The van der Waals surface area contributed by atoms with E-state index < -0.39 is 11.4 Å². The predicted molar refractivity (Wildman–Crippen MR) is 174 cm³/mol. The average Bonchev–Trinajstić information content (AvgIpc) is 3.68. The molecule has 1 unspecified atom stereocenters. The zero-order valence-corrected chi connectivity index (χ0v) is 26.1. The molecule has 0 saturated heterocycles. The second kappa shape index (κ2) is 11.0. The van der Waals surface area contributed by atoms with Crippen LogP contribution in [-0.2, 0) is 24.8 Å². The molecule has 4 aromatic heterocycles. The molecule has 0 saturated carbocycles. The first kappa shape index (κ1) is 29.0. The Kier molecular flexibility index (Phi) is 7.12. The number of hydrogen-bond acceptors (Lipinski definition) is 7. The van der Waals surface area contributed by atoms with Crippen molar-refractivity contribution in [3.63, 3.8) is 0 Å². The Morgan fingerprint density at radius 3 is 2.71 bits per heavy atom. The molecule has 2 aliphatic rings. The Morgan fingerprint density at radius 1 is 1.16 bits per heavy atom. The van der Waals surface area contributed by atoms with Gasteiger partial charge in [0.2, 0.25) is 0 Å². The minimum absolute atomic E-state index is 0.117. The van der Waals surface area contributed by atoms with Crippen LogP contribution in [0, 0.1) is 11.7 Å². The molecule has 2 amide bonds. The van der Waals surface area contributed by atoms with E-state index in [4.69, 9.17) is 10.7 Å². The van der Waals surface area contributed by atoms with Crippen molar-refractivity contribution in [3.05, 3.63) is 106 Å². The molecule has 2 atom stereocenters. The van der Waals surface area contributed by atoms with Gasteiger partial charge in [-0.05, 0) is 73.6 Å². The van der Waals surface area contributed by atoms with E-state index in [1.54, 1.807) is 18.3 Å². The molecule has 228 valence electrons. The summed E-state index contributed by atoms with van der Waals surface area (Å²) in [5.74, 6) is -1.10. The van der Waals surface area contributed by atoms with Gasteiger partial charge < -0.3 is 16.4 Å². The number of pyridine rings is 3. The van der Waals surface area contributed by atoms with E-state index in [0.29, 0.717) is 35.4 Å². The fourth-order valence-corrected chi connectivity index (χ4v) is 7.89. The van der Waals surface area contributed by atoms with Gasteiger partial charge in [-0.15, -0.1) is 11.3 Å². The average molecular weight is 621 g/mol. The van der Waals surface area contributed by atoms with E-state index in [2.05, 4.69) is 40.5 Å². The number of carbonyl (C=O) groups is 2. The summed E-state index contributed by atoms with van der Waals surface area (Å²) in [7, 11) is 0. The maximum absolute atomic E-state index is 13.9. The second-order valence-electron chi connectivity index (χ2n) is 12.5. The van der Waals surface area contributed by atoms with Gasteiger partial charge in [0, 0.05) is 34.9 Å². The fourth-order valence-electron chi connectivity index (χ4n) is 6.74. The fraction of sp³-hybridized carbons (Fsp3) is 0.286. The number of nitrogens with one attached hydrogen (secondary N) is 2. The highest BCUT2D eigenvalue weighted by Crippen LogP contribution is 2.46. The highest BCUT2D eigenvalue weighted by molar-refractivity contribution is 7.22. The van der Waals surface area contributed by atoms with Gasteiger partial charge in [-0.1, -0.05) is 32.0 Å². The van der Waals surface area contributed by atoms with Gasteiger partial charge in [0.05, 0.1) is 50.0 Å². The zero-order chi connectivity index (χ0) is 31.5. The third-order valence-corrected chi connectivity index (χ3v) is 9.86. The Morgan fingerprint density at radius 2 is 1.96 bits per heavy atom. The van der Waals surface area contributed by atoms with Gasteiger partial charge in [-0.2, -0.15) is 0 Å². The number of nitrogens with two attached hydrogens (primary N) is 1. The summed E-state index contributed by atoms with van der Waals surface area (Å²) >= 11 is 1.48. The van der Waals surface area contributed by atoms with E-state index in [1.165, 1.54) is 29.0 Å². The van der Waals surface area contributed by atoms with Crippen LogP contribution in [0.3, 0.4) is 0 Å². The number of hydrogen-bond donors (Lipinski definition) is 3. The second-order valence-corrected chi connectivity index (χ2v) is 13.6. The minimum Gasteiger partial charge on any atom is -0.377 e. The van der Waals surface area contributed by atoms with Crippen molar-refractivity contribution in [2.24, 2.45) is 11.7 Å². The van der Waals surface area contributed by atoms with E-state index >= 15 is 0 Å². The first-order valence-corrected chi connectivity index (χ1v) is 16.0. The SMILES string of the molecule is CC(C)Cc1nc2c(c(-c3cc4nccc(NC5CCc6ncccc65)c4s3)c1C(N)=O)C(=O)N[C@@]2(C)Cc1ccc(F)cc1. The maximum Gasteiger partial charge on any atom is 0.254 e. The number of fused-ring (bicyclic) bond motifs is 3. The van der Waals surface area contributed by atoms with Gasteiger partial charge in [-0.3, -0.25) is 24.5 Å². The maximum atomic E-state index is 13.9. The Balaban J connectivity index is 1.39. The Bertz CT molecular complexity index is 1990. The Labute approximate surface area is 264 Å². The van der Waals surface area contributed by atoms with Crippen LogP contribution in [0.25, 0.3) is 20.7 Å². The van der Waals surface area contributed by atoms with Gasteiger partial charge in [0.15, 0.2) is 0 Å². The van der Waals surface area contributed by atoms with Crippen molar-refractivity contribution in [1.82, 2.24) is 20.3 Å². The van der Waals surface area contributed by atoms with Crippen molar-refractivity contribution in [3.8, 4) is 10.4 Å². The van der Waals surface area contributed by atoms with Crippen LogP contribution in [0.2, 0.25) is 0 Å². The van der Waals surface area contributed by atoms with Crippen LogP contribution in [0.15, 0.2) is 60.9 Å².